The van der Waals surface area contributed by atoms with Gasteiger partial charge in [-0.1, -0.05) is 24.4 Å². The van der Waals surface area contributed by atoms with Crippen molar-refractivity contribution in [3.8, 4) is 0 Å². The zero-order valence-electron chi connectivity index (χ0n) is 9.96. The minimum absolute atomic E-state index is 0.0183. The van der Waals surface area contributed by atoms with Gasteiger partial charge in [-0.2, -0.15) is 0 Å². The Bertz CT molecular complexity index is 649. The lowest BCUT2D eigenvalue weighted by Gasteiger charge is -2.09. The van der Waals surface area contributed by atoms with Crippen molar-refractivity contribution in [3.63, 3.8) is 0 Å². The van der Waals surface area contributed by atoms with Gasteiger partial charge in [0.2, 0.25) is 0 Å². The number of nitrogens with two attached hydrogens (primary N) is 1. The maximum Gasteiger partial charge on any atom is 0.253 e. The van der Waals surface area contributed by atoms with Crippen LogP contribution in [0.15, 0.2) is 41.5 Å². The van der Waals surface area contributed by atoms with Gasteiger partial charge in [0.1, 0.15) is 10.7 Å². The van der Waals surface area contributed by atoms with Gasteiger partial charge in [-0.05, 0) is 19.1 Å². The first kappa shape index (κ1) is 12.4. The van der Waals surface area contributed by atoms with Crippen LogP contribution in [0, 0.1) is 6.92 Å². The fourth-order valence-corrected chi connectivity index (χ4v) is 1.94. The van der Waals surface area contributed by atoms with Crippen LogP contribution in [-0.2, 0) is 6.54 Å². The second-order valence-corrected chi connectivity index (χ2v) is 4.44. The molecule has 2 aromatic rings. The Morgan fingerprint density at radius 3 is 2.94 bits per heavy atom. The molecule has 0 atom stereocenters. The van der Waals surface area contributed by atoms with Crippen LogP contribution in [0.2, 0.25) is 0 Å². The van der Waals surface area contributed by atoms with Crippen molar-refractivity contribution < 1.29 is 0 Å². The Morgan fingerprint density at radius 1 is 1.44 bits per heavy atom. The summed E-state index contributed by atoms with van der Waals surface area (Å²) in [4.78, 5) is 16.3. The highest BCUT2D eigenvalue weighted by Crippen LogP contribution is 2.07. The predicted octanol–water partition coefficient (Wildman–Crippen LogP) is 1.23. The summed E-state index contributed by atoms with van der Waals surface area (Å²) in [5, 5.41) is 0. The molecule has 5 heteroatoms. The summed E-state index contributed by atoms with van der Waals surface area (Å²) >= 11 is 4.95. The van der Waals surface area contributed by atoms with E-state index in [2.05, 4.69) is 4.98 Å². The van der Waals surface area contributed by atoms with E-state index in [4.69, 9.17) is 18.0 Å². The maximum atomic E-state index is 11.9. The molecule has 0 aliphatic carbocycles. The standard InChI is InChI=1S/C13H13N3OS/c1-9-4-3-7-16(13(9)17)8-10-5-2-6-15-11(10)12(14)18/h2-7H,8H2,1H3,(H2,14,18). The van der Waals surface area contributed by atoms with Gasteiger partial charge in [0.05, 0.1) is 6.54 Å². The van der Waals surface area contributed by atoms with Gasteiger partial charge in [0, 0.05) is 23.5 Å². The van der Waals surface area contributed by atoms with Crippen LogP contribution in [0.1, 0.15) is 16.8 Å². The zero-order chi connectivity index (χ0) is 13.1. The third-order valence-electron chi connectivity index (χ3n) is 2.68. The Balaban J connectivity index is 2.44. The topological polar surface area (TPSA) is 60.9 Å². The van der Waals surface area contributed by atoms with Crippen molar-refractivity contribution in [2.75, 3.05) is 0 Å². The summed E-state index contributed by atoms with van der Waals surface area (Å²) < 4.78 is 1.62. The number of hydrogen-bond donors (Lipinski definition) is 1. The monoisotopic (exact) mass is 259 g/mol. The van der Waals surface area contributed by atoms with Gasteiger partial charge >= 0.3 is 0 Å². The third-order valence-corrected chi connectivity index (χ3v) is 2.87. The van der Waals surface area contributed by atoms with Gasteiger partial charge in [0.15, 0.2) is 0 Å². The lowest BCUT2D eigenvalue weighted by Crippen LogP contribution is -2.23. The Kier molecular flexibility index (Phi) is 3.53. The predicted molar refractivity (Wildman–Crippen MR) is 74.7 cm³/mol. The molecule has 4 nitrogen and oxygen atoms in total. The van der Waals surface area contributed by atoms with Crippen molar-refractivity contribution in [1.29, 1.82) is 0 Å². The summed E-state index contributed by atoms with van der Waals surface area (Å²) in [6.45, 7) is 2.21. The van der Waals surface area contributed by atoms with Crippen molar-refractivity contribution in [3.05, 3.63) is 63.8 Å². The zero-order valence-corrected chi connectivity index (χ0v) is 10.8. The van der Waals surface area contributed by atoms with Crippen LogP contribution in [0.4, 0.5) is 0 Å². The normalized spacial score (nSPS) is 10.3. The molecule has 0 saturated carbocycles. The average molecular weight is 259 g/mol. The molecule has 0 unspecified atom stereocenters. The van der Waals surface area contributed by atoms with E-state index in [9.17, 15) is 4.79 Å². The van der Waals surface area contributed by atoms with Crippen molar-refractivity contribution in [2.24, 2.45) is 5.73 Å². The molecule has 2 heterocycles. The molecule has 0 aromatic carbocycles. The first-order valence-corrected chi connectivity index (χ1v) is 5.90. The summed E-state index contributed by atoms with van der Waals surface area (Å²) in [5.41, 5.74) is 7.72. The number of rotatable bonds is 3. The summed E-state index contributed by atoms with van der Waals surface area (Å²) in [5.74, 6) is 0. The van der Waals surface area contributed by atoms with Crippen molar-refractivity contribution in [2.45, 2.75) is 13.5 Å². The quantitative estimate of drug-likeness (QED) is 0.842. The molecular weight excluding hydrogens is 246 g/mol. The highest BCUT2D eigenvalue weighted by Gasteiger charge is 2.07. The van der Waals surface area contributed by atoms with Crippen LogP contribution in [0.25, 0.3) is 0 Å². The molecule has 0 spiro atoms. The van der Waals surface area contributed by atoms with Crippen LogP contribution in [-0.4, -0.2) is 14.5 Å². The van der Waals surface area contributed by atoms with E-state index >= 15 is 0 Å². The maximum absolute atomic E-state index is 11.9. The fraction of sp³-hybridized carbons (Fsp3) is 0.154. The summed E-state index contributed by atoms with van der Waals surface area (Å²) in [6, 6.07) is 7.30. The van der Waals surface area contributed by atoms with E-state index in [0.29, 0.717) is 17.8 Å². The molecule has 0 radical (unpaired) electrons. The van der Waals surface area contributed by atoms with E-state index in [0.717, 1.165) is 5.56 Å². The number of pyridine rings is 2. The molecular formula is C13H13N3OS. The lowest BCUT2D eigenvalue weighted by molar-refractivity contribution is 0.748. The highest BCUT2D eigenvalue weighted by molar-refractivity contribution is 7.80. The molecule has 0 amide bonds. The van der Waals surface area contributed by atoms with Crippen LogP contribution < -0.4 is 11.3 Å². The molecule has 0 bridgehead atoms. The van der Waals surface area contributed by atoms with Gasteiger partial charge in [-0.15, -0.1) is 0 Å². The molecule has 2 N–H and O–H groups in total. The van der Waals surface area contributed by atoms with Crippen LogP contribution in [0.3, 0.4) is 0 Å². The minimum atomic E-state index is -0.0183. The van der Waals surface area contributed by atoms with Gasteiger partial charge < -0.3 is 10.3 Å². The SMILES string of the molecule is Cc1cccn(Cc2cccnc2C(N)=S)c1=O. The van der Waals surface area contributed by atoms with Crippen LogP contribution in [0.5, 0.6) is 0 Å². The molecule has 0 aliphatic rings. The van der Waals surface area contributed by atoms with E-state index in [1.807, 2.05) is 12.1 Å². The molecule has 2 aromatic heterocycles. The highest BCUT2D eigenvalue weighted by atomic mass is 32.1. The number of hydrogen-bond acceptors (Lipinski definition) is 3. The number of nitrogens with zero attached hydrogens (tertiary/aromatic N) is 2. The molecule has 92 valence electrons. The number of thiocarbonyl (C=S) groups is 1. The third kappa shape index (κ3) is 2.46. The lowest BCUT2D eigenvalue weighted by atomic mass is 10.2. The molecule has 0 aliphatic heterocycles. The Labute approximate surface area is 110 Å². The van der Waals surface area contributed by atoms with E-state index < -0.39 is 0 Å². The smallest absolute Gasteiger partial charge is 0.253 e. The van der Waals surface area contributed by atoms with Crippen molar-refractivity contribution in [1.82, 2.24) is 9.55 Å². The largest absolute Gasteiger partial charge is 0.388 e. The Morgan fingerprint density at radius 2 is 2.22 bits per heavy atom. The van der Waals surface area contributed by atoms with Crippen LogP contribution >= 0.6 is 12.2 Å². The summed E-state index contributed by atoms with van der Waals surface area (Å²) in [6.07, 6.45) is 3.38. The number of aromatic nitrogens is 2. The average Bonchev–Trinajstić information content (AvgIpc) is 2.35. The molecule has 18 heavy (non-hydrogen) atoms. The van der Waals surface area contributed by atoms with Gasteiger partial charge in [-0.3, -0.25) is 9.78 Å². The molecule has 0 saturated heterocycles. The fourth-order valence-electron chi connectivity index (χ4n) is 1.75. The van der Waals surface area contributed by atoms with E-state index in [1.54, 1.807) is 36.0 Å². The van der Waals surface area contributed by atoms with Crippen molar-refractivity contribution >= 4 is 17.2 Å². The van der Waals surface area contributed by atoms with Gasteiger partial charge in [-0.25, -0.2) is 0 Å². The number of aryl methyl sites for hydroxylation is 1. The first-order valence-electron chi connectivity index (χ1n) is 5.49. The first-order chi connectivity index (χ1) is 8.59. The van der Waals surface area contributed by atoms with E-state index in [1.165, 1.54) is 0 Å². The van der Waals surface area contributed by atoms with E-state index in [-0.39, 0.29) is 10.5 Å². The minimum Gasteiger partial charge on any atom is -0.388 e. The second kappa shape index (κ2) is 5.10. The molecule has 0 fully saturated rings. The molecule has 2 rings (SSSR count). The second-order valence-electron chi connectivity index (χ2n) is 4.00. The summed E-state index contributed by atoms with van der Waals surface area (Å²) in [7, 11) is 0. The Hall–Kier alpha value is -2.01. The van der Waals surface area contributed by atoms with Gasteiger partial charge in [0.25, 0.3) is 5.56 Å².